The van der Waals surface area contributed by atoms with Crippen molar-refractivity contribution >= 4 is 22.2 Å². The first-order valence-electron chi connectivity index (χ1n) is 6.50. The Balaban J connectivity index is 2.16. The molecule has 1 aliphatic rings. The molecule has 1 saturated carbocycles. The molecule has 1 fully saturated rings. The maximum Gasteiger partial charge on any atom is 0.153 e. The minimum Gasteiger partial charge on any atom is -0.488 e. The van der Waals surface area contributed by atoms with Crippen molar-refractivity contribution in [2.24, 2.45) is 11.8 Å². The lowest BCUT2D eigenvalue weighted by molar-refractivity contribution is 0.0974. The highest BCUT2D eigenvalue weighted by atomic mass is 79.9. The number of benzene rings is 1. The fourth-order valence-electron chi connectivity index (χ4n) is 2.88. The van der Waals surface area contributed by atoms with Gasteiger partial charge in [-0.1, -0.05) is 19.9 Å². The molecule has 18 heavy (non-hydrogen) atoms. The number of hydrogen-bond acceptors (Lipinski definition) is 2. The molecule has 0 radical (unpaired) electrons. The van der Waals surface area contributed by atoms with E-state index in [4.69, 9.17) is 4.74 Å². The predicted molar refractivity (Wildman–Crippen MR) is 76.1 cm³/mol. The Kier molecular flexibility index (Phi) is 4.44. The van der Waals surface area contributed by atoms with Crippen molar-refractivity contribution in [3.05, 3.63) is 28.2 Å². The molecule has 0 aromatic heterocycles. The molecule has 1 aromatic carbocycles. The van der Waals surface area contributed by atoms with Gasteiger partial charge < -0.3 is 4.74 Å². The van der Waals surface area contributed by atoms with E-state index >= 15 is 0 Å². The van der Waals surface area contributed by atoms with Gasteiger partial charge in [-0.15, -0.1) is 0 Å². The van der Waals surface area contributed by atoms with Crippen LogP contribution in [-0.2, 0) is 0 Å². The van der Waals surface area contributed by atoms with Gasteiger partial charge >= 0.3 is 0 Å². The fraction of sp³-hybridized carbons (Fsp3) is 0.533. The highest BCUT2D eigenvalue weighted by molar-refractivity contribution is 9.10. The highest BCUT2D eigenvalue weighted by Crippen LogP contribution is 2.35. The summed E-state index contributed by atoms with van der Waals surface area (Å²) in [6.07, 6.45) is 4.50. The van der Waals surface area contributed by atoms with Crippen LogP contribution in [0.2, 0.25) is 0 Å². The second kappa shape index (κ2) is 5.87. The molecule has 0 bridgehead atoms. The average molecular weight is 311 g/mol. The number of aldehydes is 1. The summed E-state index contributed by atoms with van der Waals surface area (Å²) >= 11 is 3.46. The zero-order valence-electron chi connectivity index (χ0n) is 10.9. The van der Waals surface area contributed by atoms with Crippen LogP contribution in [0.4, 0.5) is 0 Å². The van der Waals surface area contributed by atoms with Crippen LogP contribution in [0.5, 0.6) is 5.75 Å². The van der Waals surface area contributed by atoms with E-state index in [1.807, 2.05) is 12.1 Å². The van der Waals surface area contributed by atoms with Gasteiger partial charge in [0.25, 0.3) is 0 Å². The molecule has 0 amide bonds. The van der Waals surface area contributed by atoms with Crippen molar-refractivity contribution in [1.29, 1.82) is 0 Å². The molecule has 3 heteroatoms. The van der Waals surface area contributed by atoms with E-state index in [1.165, 1.54) is 6.42 Å². The zero-order chi connectivity index (χ0) is 13.1. The van der Waals surface area contributed by atoms with E-state index in [0.717, 1.165) is 23.6 Å². The molecular weight excluding hydrogens is 292 g/mol. The Morgan fingerprint density at radius 1 is 1.22 bits per heavy atom. The van der Waals surface area contributed by atoms with Crippen molar-refractivity contribution in [3.63, 3.8) is 0 Å². The van der Waals surface area contributed by atoms with Crippen molar-refractivity contribution in [2.75, 3.05) is 0 Å². The maximum atomic E-state index is 11.0. The number of hydrogen-bond donors (Lipinski definition) is 0. The molecule has 2 unspecified atom stereocenters. The van der Waals surface area contributed by atoms with Crippen LogP contribution in [0.1, 0.15) is 43.5 Å². The minimum atomic E-state index is 0.223. The van der Waals surface area contributed by atoms with Crippen molar-refractivity contribution in [2.45, 2.75) is 39.2 Å². The summed E-state index contributed by atoms with van der Waals surface area (Å²) in [4.78, 5) is 11.0. The van der Waals surface area contributed by atoms with Gasteiger partial charge in [0.05, 0.1) is 16.1 Å². The van der Waals surface area contributed by atoms with Gasteiger partial charge in [0.1, 0.15) is 5.75 Å². The Labute approximate surface area is 117 Å². The summed E-state index contributed by atoms with van der Waals surface area (Å²) in [6, 6.07) is 5.56. The molecule has 0 spiro atoms. The fourth-order valence-corrected chi connectivity index (χ4v) is 3.35. The smallest absolute Gasteiger partial charge is 0.153 e. The van der Waals surface area contributed by atoms with Crippen LogP contribution in [-0.4, -0.2) is 12.4 Å². The molecule has 2 rings (SSSR count). The Bertz CT molecular complexity index is 421. The third-order valence-electron chi connectivity index (χ3n) is 3.54. The van der Waals surface area contributed by atoms with Gasteiger partial charge in [-0.25, -0.2) is 0 Å². The second-order valence-corrected chi connectivity index (χ2v) is 6.29. The third kappa shape index (κ3) is 3.14. The van der Waals surface area contributed by atoms with Crippen LogP contribution in [0.25, 0.3) is 0 Å². The lowest BCUT2D eigenvalue weighted by Crippen LogP contribution is -2.28. The van der Waals surface area contributed by atoms with E-state index in [1.54, 1.807) is 6.07 Å². The summed E-state index contributed by atoms with van der Waals surface area (Å²) in [5.41, 5.74) is 0.621. The van der Waals surface area contributed by atoms with Gasteiger partial charge in [0.2, 0.25) is 0 Å². The van der Waals surface area contributed by atoms with Crippen molar-refractivity contribution < 1.29 is 9.53 Å². The van der Waals surface area contributed by atoms with Gasteiger partial charge in [-0.2, -0.15) is 0 Å². The van der Waals surface area contributed by atoms with E-state index < -0.39 is 0 Å². The largest absolute Gasteiger partial charge is 0.488 e. The summed E-state index contributed by atoms with van der Waals surface area (Å²) in [6.45, 7) is 4.54. The summed E-state index contributed by atoms with van der Waals surface area (Å²) in [5, 5.41) is 0. The average Bonchev–Trinajstić information content (AvgIpc) is 2.30. The zero-order valence-corrected chi connectivity index (χ0v) is 12.4. The molecular formula is C15H19BrO2. The Morgan fingerprint density at radius 3 is 2.50 bits per heavy atom. The van der Waals surface area contributed by atoms with Crippen LogP contribution in [0.15, 0.2) is 22.7 Å². The van der Waals surface area contributed by atoms with E-state index in [2.05, 4.69) is 29.8 Å². The van der Waals surface area contributed by atoms with Crippen molar-refractivity contribution in [1.82, 2.24) is 0 Å². The Morgan fingerprint density at radius 2 is 1.89 bits per heavy atom. The first-order chi connectivity index (χ1) is 8.60. The van der Waals surface area contributed by atoms with E-state index in [-0.39, 0.29) is 6.10 Å². The van der Waals surface area contributed by atoms with Crippen LogP contribution in [0, 0.1) is 11.8 Å². The molecule has 0 N–H and O–H groups in total. The number of halogens is 1. The lowest BCUT2D eigenvalue weighted by Gasteiger charge is -2.32. The standard InChI is InChI=1S/C15H19BrO2/c1-10-6-11(2)8-13(7-10)18-15-12(9-17)4-3-5-14(15)16/h3-5,9-11,13H,6-8H2,1-2H3. The number of para-hydroxylation sites is 1. The van der Waals surface area contributed by atoms with Gasteiger partial charge in [-0.05, 0) is 59.2 Å². The molecule has 1 aliphatic carbocycles. The molecule has 0 saturated heterocycles. The van der Waals surface area contributed by atoms with E-state index in [9.17, 15) is 4.79 Å². The molecule has 98 valence electrons. The first-order valence-corrected chi connectivity index (χ1v) is 7.29. The molecule has 0 heterocycles. The number of carbonyl (C=O) groups is 1. The summed E-state index contributed by atoms with van der Waals surface area (Å²) < 4.78 is 6.93. The minimum absolute atomic E-state index is 0.223. The molecule has 2 atom stereocenters. The van der Waals surface area contributed by atoms with Gasteiger partial charge in [-0.3, -0.25) is 4.79 Å². The van der Waals surface area contributed by atoms with E-state index in [0.29, 0.717) is 23.1 Å². The number of rotatable bonds is 3. The van der Waals surface area contributed by atoms with Gasteiger partial charge in [0, 0.05) is 0 Å². The lowest BCUT2D eigenvalue weighted by atomic mass is 9.82. The number of ether oxygens (including phenoxy) is 1. The molecule has 1 aromatic rings. The summed E-state index contributed by atoms with van der Waals surface area (Å²) in [7, 11) is 0. The monoisotopic (exact) mass is 310 g/mol. The van der Waals surface area contributed by atoms with Crippen LogP contribution < -0.4 is 4.74 Å². The van der Waals surface area contributed by atoms with Crippen molar-refractivity contribution in [3.8, 4) is 5.75 Å². The predicted octanol–water partition coefficient (Wildman–Crippen LogP) is 4.47. The van der Waals surface area contributed by atoms with Crippen LogP contribution in [0.3, 0.4) is 0 Å². The topological polar surface area (TPSA) is 26.3 Å². The first kappa shape index (κ1) is 13.6. The normalized spacial score (nSPS) is 27.8. The maximum absolute atomic E-state index is 11.0. The quantitative estimate of drug-likeness (QED) is 0.770. The number of carbonyl (C=O) groups excluding carboxylic acids is 1. The third-order valence-corrected chi connectivity index (χ3v) is 4.17. The second-order valence-electron chi connectivity index (χ2n) is 5.43. The Hall–Kier alpha value is -0.830. The molecule has 0 aliphatic heterocycles. The van der Waals surface area contributed by atoms with Gasteiger partial charge in [0.15, 0.2) is 6.29 Å². The summed E-state index contributed by atoms with van der Waals surface area (Å²) in [5.74, 6) is 2.08. The SMILES string of the molecule is CC1CC(C)CC(Oc2c(Br)cccc2C=O)C1. The highest BCUT2D eigenvalue weighted by Gasteiger charge is 2.26. The molecule has 2 nitrogen and oxygen atoms in total. The van der Waals surface area contributed by atoms with Crippen LogP contribution >= 0.6 is 15.9 Å².